The highest BCUT2D eigenvalue weighted by Gasteiger charge is 2.60. The molecular weight excluding hydrogens is 336 g/mol. The van der Waals surface area contributed by atoms with Gasteiger partial charge in [0.05, 0.1) is 0 Å². The molecule has 4 saturated carbocycles. The molecule has 1 saturated heterocycles. The molecule has 0 aromatic carbocycles. The Balaban J connectivity index is 1.41. The quantitative estimate of drug-likeness (QED) is 0.659. The number of hydrogen-bond donors (Lipinski definition) is 3. The van der Waals surface area contributed by atoms with E-state index in [0.29, 0.717) is 23.9 Å². The molecule has 0 spiro atoms. The lowest BCUT2D eigenvalue weighted by Crippen LogP contribution is -2.67. The van der Waals surface area contributed by atoms with Gasteiger partial charge < -0.3 is 10.2 Å². The summed E-state index contributed by atoms with van der Waals surface area (Å²) in [4.78, 5) is 0. The number of aliphatic hydroxyl groups excluding tert-OH is 1. The van der Waals surface area contributed by atoms with E-state index in [0.717, 1.165) is 36.5 Å². The summed E-state index contributed by atoms with van der Waals surface area (Å²) in [6.45, 7) is 6.40. The van der Waals surface area contributed by atoms with Crippen LogP contribution >= 0.6 is 0 Å². The van der Waals surface area contributed by atoms with E-state index < -0.39 is 12.0 Å². The van der Waals surface area contributed by atoms with Crippen LogP contribution in [0.5, 0.6) is 0 Å². The maximum atomic E-state index is 11.3. The highest BCUT2D eigenvalue weighted by molar-refractivity contribution is 5.09. The van der Waals surface area contributed by atoms with Crippen LogP contribution in [0.25, 0.3) is 0 Å². The average molecular weight is 376 g/mol. The molecule has 0 aromatic heterocycles. The number of hydrogen-bond acceptors (Lipinski definition) is 3. The summed E-state index contributed by atoms with van der Waals surface area (Å²) in [5.41, 5.74) is -0.358. The monoisotopic (exact) mass is 375 g/mol. The van der Waals surface area contributed by atoms with Gasteiger partial charge in [0, 0.05) is 19.0 Å². The fraction of sp³-hybridized carbons (Fsp3) is 1.00. The SMILES string of the molecule is C[C@@]12CCCC1C1CCC3CCC(C4(O)[N]CCNC4O)C[C@]3(C)C1CC2. The summed E-state index contributed by atoms with van der Waals surface area (Å²) in [5.74, 6) is 3.54. The number of nitrogens with zero attached hydrogens (tertiary/aromatic N) is 1. The molecule has 0 amide bonds. The molecule has 4 heteroatoms. The van der Waals surface area contributed by atoms with Gasteiger partial charge in [0.15, 0.2) is 5.72 Å². The Morgan fingerprint density at radius 2 is 1.70 bits per heavy atom. The van der Waals surface area contributed by atoms with E-state index in [1.807, 2.05) is 0 Å². The van der Waals surface area contributed by atoms with Crippen molar-refractivity contribution in [1.82, 2.24) is 10.6 Å². The number of rotatable bonds is 1. The summed E-state index contributed by atoms with van der Waals surface area (Å²) < 4.78 is 0. The van der Waals surface area contributed by atoms with Crippen LogP contribution in [0.1, 0.15) is 78.1 Å². The summed E-state index contributed by atoms with van der Waals surface area (Å²) in [7, 11) is 0. The average Bonchev–Trinajstić information content (AvgIpc) is 3.05. The molecule has 1 radical (unpaired) electrons. The van der Waals surface area contributed by atoms with Crippen LogP contribution < -0.4 is 10.6 Å². The third-order valence-corrected chi connectivity index (χ3v) is 10.2. The first kappa shape index (κ1) is 18.8. The first-order valence-electron chi connectivity index (χ1n) is 11.7. The van der Waals surface area contributed by atoms with Crippen LogP contribution in [0.3, 0.4) is 0 Å². The predicted molar refractivity (Wildman–Crippen MR) is 106 cm³/mol. The van der Waals surface area contributed by atoms with Crippen molar-refractivity contribution in [2.45, 2.75) is 90.0 Å². The van der Waals surface area contributed by atoms with Gasteiger partial charge in [-0.15, -0.1) is 0 Å². The van der Waals surface area contributed by atoms with Gasteiger partial charge in [0.25, 0.3) is 0 Å². The topological polar surface area (TPSA) is 66.6 Å². The second-order valence-electron chi connectivity index (χ2n) is 11.2. The summed E-state index contributed by atoms with van der Waals surface area (Å²) in [6, 6.07) is 0. The second-order valence-corrected chi connectivity index (χ2v) is 11.2. The number of fused-ring (bicyclic) bond motifs is 5. The maximum absolute atomic E-state index is 11.3. The largest absolute Gasteiger partial charge is 0.374 e. The molecule has 9 atom stereocenters. The Morgan fingerprint density at radius 3 is 2.52 bits per heavy atom. The molecule has 7 unspecified atom stereocenters. The van der Waals surface area contributed by atoms with E-state index in [9.17, 15) is 10.2 Å². The lowest BCUT2D eigenvalue weighted by atomic mass is 9.44. The van der Waals surface area contributed by atoms with Gasteiger partial charge in [-0.05, 0) is 92.3 Å². The Morgan fingerprint density at radius 1 is 0.926 bits per heavy atom. The van der Waals surface area contributed by atoms with Crippen molar-refractivity contribution in [2.75, 3.05) is 13.1 Å². The molecule has 1 heterocycles. The lowest BCUT2D eigenvalue weighted by Gasteiger charge is -2.62. The van der Waals surface area contributed by atoms with Crippen LogP contribution in [0.15, 0.2) is 0 Å². The summed E-state index contributed by atoms with van der Waals surface area (Å²) in [6.07, 6.45) is 12.3. The fourth-order valence-electron chi connectivity index (χ4n) is 8.74. The van der Waals surface area contributed by atoms with E-state index in [2.05, 4.69) is 24.5 Å². The van der Waals surface area contributed by atoms with E-state index in [1.54, 1.807) is 0 Å². The molecule has 5 fully saturated rings. The minimum Gasteiger partial charge on any atom is -0.374 e. The predicted octanol–water partition coefficient (Wildman–Crippen LogP) is 3.25. The van der Waals surface area contributed by atoms with Gasteiger partial charge in [-0.1, -0.05) is 20.3 Å². The lowest BCUT2D eigenvalue weighted by molar-refractivity contribution is -0.199. The van der Waals surface area contributed by atoms with Crippen LogP contribution in [0, 0.1) is 40.4 Å². The van der Waals surface area contributed by atoms with Crippen molar-refractivity contribution in [3.05, 3.63) is 0 Å². The summed E-state index contributed by atoms with van der Waals surface area (Å²) in [5, 5.41) is 29.4. The number of nitrogens with one attached hydrogen (secondary N) is 1. The minimum atomic E-state index is -1.28. The highest BCUT2D eigenvalue weighted by atomic mass is 16.4. The molecule has 0 bridgehead atoms. The Bertz CT molecular complexity index is 585. The normalized spacial score (nSPS) is 58.2. The maximum Gasteiger partial charge on any atom is 0.173 e. The van der Waals surface area contributed by atoms with Crippen LogP contribution in [0.4, 0.5) is 0 Å². The van der Waals surface area contributed by atoms with Crippen LogP contribution in [-0.4, -0.2) is 35.3 Å². The molecule has 1 aliphatic heterocycles. The third kappa shape index (κ3) is 2.69. The van der Waals surface area contributed by atoms with E-state index in [4.69, 9.17) is 0 Å². The van der Waals surface area contributed by atoms with Gasteiger partial charge in [0.2, 0.25) is 0 Å². The zero-order valence-corrected chi connectivity index (χ0v) is 17.3. The fourth-order valence-corrected chi connectivity index (χ4v) is 8.74. The molecule has 4 aliphatic carbocycles. The van der Waals surface area contributed by atoms with Crippen LogP contribution in [0.2, 0.25) is 0 Å². The second kappa shape index (κ2) is 6.42. The summed E-state index contributed by atoms with van der Waals surface area (Å²) >= 11 is 0. The van der Waals surface area contributed by atoms with E-state index >= 15 is 0 Å². The standard InChI is InChI=1S/C23H39N2O2/c1-21-10-3-4-18(21)17-8-7-15-5-6-16(14-22(15,2)19(17)9-11-21)23(27)20(26)24-12-13-25-23/h15-20,24,26-27H,3-14H2,1-2H3/t15?,16?,17?,18?,19?,20?,21-,22-,23?/m0/s1. The molecular formula is C23H39N2O2. The van der Waals surface area contributed by atoms with E-state index in [1.165, 1.54) is 51.4 Å². The van der Waals surface area contributed by atoms with Crippen LogP contribution in [-0.2, 0) is 0 Å². The van der Waals surface area contributed by atoms with Crippen molar-refractivity contribution in [1.29, 1.82) is 0 Å². The Kier molecular flexibility index (Phi) is 4.48. The molecule has 4 nitrogen and oxygen atoms in total. The van der Waals surface area contributed by atoms with Gasteiger partial charge in [-0.3, -0.25) is 5.32 Å². The number of piperazine rings is 1. The van der Waals surface area contributed by atoms with E-state index in [-0.39, 0.29) is 5.92 Å². The number of aliphatic hydroxyl groups is 2. The zero-order valence-electron chi connectivity index (χ0n) is 17.3. The van der Waals surface area contributed by atoms with Gasteiger partial charge in [-0.2, -0.15) is 0 Å². The van der Waals surface area contributed by atoms with Crippen molar-refractivity contribution >= 4 is 0 Å². The van der Waals surface area contributed by atoms with Crippen molar-refractivity contribution in [3.8, 4) is 0 Å². The van der Waals surface area contributed by atoms with Crippen molar-refractivity contribution in [3.63, 3.8) is 0 Å². The minimum absolute atomic E-state index is 0.0946. The smallest absolute Gasteiger partial charge is 0.173 e. The Labute approximate surface area is 164 Å². The molecule has 0 aromatic rings. The first-order chi connectivity index (χ1) is 12.9. The zero-order chi connectivity index (χ0) is 18.9. The first-order valence-corrected chi connectivity index (χ1v) is 11.7. The van der Waals surface area contributed by atoms with Crippen molar-refractivity contribution in [2.24, 2.45) is 40.4 Å². The van der Waals surface area contributed by atoms with Crippen molar-refractivity contribution < 1.29 is 10.2 Å². The third-order valence-electron chi connectivity index (χ3n) is 10.2. The van der Waals surface area contributed by atoms with Gasteiger partial charge in [-0.25, -0.2) is 5.32 Å². The van der Waals surface area contributed by atoms with Gasteiger partial charge >= 0.3 is 0 Å². The highest BCUT2D eigenvalue weighted by Crippen LogP contribution is 2.67. The molecule has 153 valence electrons. The molecule has 5 rings (SSSR count). The Hall–Kier alpha value is -0.160. The molecule has 5 aliphatic rings. The molecule has 3 N–H and O–H groups in total. The van der Waals surface area contributed by atoms with Gasteiger partial charge in [0.1, 0.15) is 6.23 Å². The molecule has 27 heavy (non-hydrogen) atoms.